The minimum atomic E-state index is -0.0658. The Morgan fingerprint density at radius 3 is 2.00 bits per heavy atom. The molecule has 0 aliphatic carbocycles. The van der Waals surface area contributed by atoms with Gasteiger partial charge in [0.1, 0.15) is 5.76 Å². The molecule has 1 aliphatic rings. The highest BCUT2D eigenvalue weighted by Gasteiger charge is 2.30. The molecule has 0 radical (unpaired) electrons. The van der Waals surface area contributed by atoms with Crippen LogP contribution in [-0.2, 0) is 0 Å². The van der Waals surface area contributed by atoms with Gasteiger partial charge in [-0.1, -0.05) is 66.7 Å². The Kier molecular flexibility index (Phi) is 3.82. The van der Waals surface area contributed by atoms with Gasteiger partial charge in [-0.25, -0.2) is 0 Å². The molecule has 0 unspecified atom stereocenters. The molecule has 1 heterocycles. The first-order valence-corrected chi connectivity index (χ1v) is 8.19. The zero-order chi connectivity index (χ0) is 17.2. The maximum atomic E-state index is 12.9. The van der Waals surface area contributed by atoms with Crippen LogP contribution >= 0.6 is 0 Å². The van der Waals surface area contributed by atoms with Gasteiger partial charge in [0.2, 0.25) is 0 Å². The summed E-state index contributed by atoms with van der Waals surface area (Å²) < 4.78 is 0. The highest BCUT2D eigenvalue weighted by atomic mass is 16.3. The Morgan fingerprint density at radius 1 is 0.760 bits per heavy atom. The molecule has 3 nitrogen and oxygen atoms in total. The van der Waals surface area contributed by atoms with E-state index in [1.165, 1.54) is 0 Å². The van der Waals surface area contributed by atoms with Gasteiger partial charge in [0.25, 0.3) is 5.91 Å². The van der Waals surface area contributed by atoms with Gasteiger partial charge in [-0.15, -0.1) is 0 Å². The van der Waals surface area contributed by atoms with Crippen molar-refractivity contribution in [3.63, 3.8) is 0 Å². The van der Waals surface area contributed by atoms with E-state index in [1.807, 2.05) is 84.9 Å². The molecule has 0 aromatic heterocycles. The van der Waals surface area contributed by atoms with Crippen LogP contribution in [0.2, 0.25) is 0 Å². The predicted octanol–water partition coefficient (Wildman–Crippen LogP) is 4.77. The van der Waals surface area contributed by atoms with Crippen LogP contribution in [0.1, 0.15) is 21.5 Å². The lowest BCUT2D eigenvalue weighted by Crippen LogP contribution is -2.28. The zero-order valence-electron chi connectivity index (χ0n) is 13.6. The largest absolute Gasteiger partial charge is 0.507 e. The van der Waals surface area contributed by atoms with Gasteiger partial charge in [-0.2, -0.15) is 0 Å². The smallest absolute Gasteiger partial charge is 0.258 e. The number of anilines is 1. The fourth-order valence-electron chi connectivity index (χ4n) is 3.18. The topological polar surface area (TPSA) is 40.5 Å². The van der Waals surface area contributed by atoms with Gasteiger partial charge >= 0.3 is 0 Å². The van der Waals surface area contributed by atoms with E-state index in [2.05, 4.69) is 0 Å². The highest BCUT2D eigenvalue weighted by molar-refractivity contribution is 6.13. The summed E-state index contributed by atoms with van der Waals surface area (Å²) >= 11 is 0. The van der Waals surface area contributed by atoms with Gasteiger partial charge in [-0.05, 0) is 18.2 Å². The van der Waals surface area contributed by atoms with Crippen molar-refractivity contribution in [2.75, 3.05) is 11.4 Å². The summed E-state index contributed by atoms with van der Waals surface area (Å²) in [6, 6.07) is 26.3. The van der Waals surface area contributed by atoms with Gasteiger partial charge in [0.15, 0.2) is 0 Å². The number of aliphatic hydroxyl groups excluding tert-OH is 1. The van der Waals surface area contributed by atoms with E-state index in [1.54, 1.807) is 4.90 Å². The van der Waals surface area contributed by atoms with Crippen molar-refractivity contribution in [3.05, 3.63) is 102 Å². The monoisotopic (exact) mass is 327 g/mol. The molecule has 0 fully saturated rings. The molecule has 0 atom stereocenters. The van der Waals surface area contributed by atoms with E-state index in [0.717, 1.165) is 22.4 Å². The van der Waals surface area contributed by atoms with Gasteiger partial charge in [-0.3, -0.25) is 4.79 Å². The first-order valence-electron chi connectivity index (χ1n) is 8.19. The number of aliphatic hydroxyl groups is 1. The summed E-state index contributed by atoms with van der Waals surface area (Å²) in [5.41, 5.74) is 3.88. The lowest BCUT2D eigenvalue weighted by atomic mass is 10.0. The molecular formula is C22H17NO2. The number of amides is 1. The average molecular weight is 327 g/mol. The molecule has 0 saturated heterocycles. The number of carbonyl (C=O) groups is 1. The fourth-order valence-corrected chi connectivity index (χ4v) is 3.18. The van der Waals surface area contributed by atoms with E-state index in [4.69, 9.17) is 0 Å². The second-order valence-corrected chi connectivity index (χ2v) is 5.97. The summed E-state index contributed by atoms with van der Waals surface area (Å²) in [6.07, 6.45) is 0. The van der Waals surface area contributed by atoms with Crippen molar-refractivity contribution in [3.8, 4) is 0 Å². The van der Waals surface area contributed by atoms with Crippen LogP contribution in [0, 0.1) is 0 Å². The van der Waals surface area contributed by atoms with Crippen molar-refractivity contribution < 1.29 is 9.90 Å². The van der Waals surface area contributed by atoms with Crippen LogP contribution in [-0.4, -0.2) is 17.6 Å². The minimum absolute atomic E-state index is 0.0658. The molecule has 0 saturated carbocycles. The number of para-hydroxylation sites is 1. The second kappa shape index (κ2) is 6.29. The summed E-state index contributed by atoms with van der Waals surface area (Å²) in [5, 5.41) is 10.8. The van der Waals surface area contributed by atoms with E-state index < -0.39 is 0 Å². The Bertz CT molecular complexity index is 946. The lowest BCUT2D eigenvalue weighted by molar-refractivity contribution is 0.0991. The highest BCUT2D eigenvalue weighted by Crippen LogP contribution is 2.39. The van der Waals surface area contributed by atoms with Crippen molar-refractivity contribution in [1.82, 2.24) is 0 Å². The van der Waals surface area contributed by atoms with Crippen molar-refractivity contribution >= 4 is 22.9 Å². The molecular weight excluding hydrogens is 310 g/mol. The van der Waals surface area contributed by atoms with Crippen LogP contribution in [0.4, 0.5) is 5.69 Å². The molecule has 1 aliphatic heterocycles. The number of nitrogens with zero attached hydrogens (tertiary/aromatic N) is 1. The van der Waals surface area contributed by atoms with Crippen molar-refractivity contribution in [1.29, 1.82) is 0 Å². The number of hydrogen-bond donors (Lipinski definition) is 1. The van der Waals surface area contributed by atoms with Gasteiger partial charge < -0.3 is 10.0 Å². The molecule has 1 amide bonds. The van der Waals surface area contributed by atoms with Crippen molar-refractivity contribution in [2.24, 2.45) is 0 Å². The summed E-state index contributed by atoms with van der Waals surface area (Å²) in [5.74, 6) is 0.153. The molecule has 3 aromatic rings. The number of benzene rings is 3. The van der Waals surface area contributed by atoms with Crippen molar-refractivity contribution in [2.45, 2.75) is 0 Å². The molecule has 25 heavy (non-hydrogen) atoms. The lowest BCUT2D eigenvalue weighted by Gasteiger charge is -2.17. The number of fused-ring (bicyclic) bond motifs is 1. The normalized spacial score (nSPS) is 15.0. The first-order chi connectivity index (χ1) is 12.3. The molecule has 1 N–H and O–H groups in total. The summed E-state index contributed by atoms with van der Waals surface area (Å²) in [6.45, 7) is 0.355. The third kappa shape index (κ3) is 2.70. The maximum Gasteiger partial charge on any atom is 0.258 e. The molecule has 0 spiro atoms. The molecule has 3 heteroatoms. The van der Waals surface area contributed by atoms with Crippen LogP contribution in [0.3, 0.4) is 0 Å². The van der Waals surface area contributed by atoms with E-state index in [0.29, 0.717) is 12.1 Å². The third-order valence-electron chi connectivity index (χ3n) is 4.44. The van der Waals surface area contributed by atoms with Crippen LogP contribution < -0.4 is 4.90 Å². The predicted molar refractivity (Wildman–Crippen MR) is 100 cm³/mol. The number of hydrogen-bond acceptors (Lipinski definition) is 2. The molecule has 0 bridgehead atoms. The van der Waals surface area contributed by atoms with E-state index >= 15 is 0 Å². The van der Waals surface area contributed by atoms with Crippen LogP contribution in [0.5, 0.6) is 0 Å². The quantitative estimate of drug-likeness (QED) is 0.689. The summed E-state index contributed by atoms with van der Waals surface area (Å²) in [4.78, 5) is 14.7. The standard InChI is InChI=1S/C22H17NO2/c24-21(16-9-3-1-4-10-16)19-15-23(20-14-8-7-13-18(19)20)22(25)17-11-5-2-6-12-17/h1-14,24H,15H2/b21-19-. The van der Waals surface area contributed by atoms with E-state index in [-0.39, 0.29) is 11.7 Å². The molecule has 3 aromatic carbocycles. The number of carbonyl (C=O) groups excluding carboxylic acids is 1. The first kappa shape index (κ1) is 15.2. The number of rotatable bonds is 2. The van der Waals surface area contributed by atoms with Crippen LogP contribution in [0.15, 0.2) is 84.9 Å². The third-order valence-corrected chi connectivity index (χ3v) is 4.44. The average Bonchev–Trinajstić information content (AvgIpc) is 3.08. The Hall–Kier alpha value is -3.33. The van der Waals surface area contributed by atoms with E-state index in [9.17, 15) is 9.90 Å². The molecule has 122 valence electrons. The summed E-state index contributed by atoms with van der Waals surface area (Å²) in [7, 11) is 0. The molecule has 4 rings (SSSR count). The Labute approximate surface area is 146 Å². The second-order valence-electron chi connectivity index (χ2n) is 5.97. The zero-order valence-corrected chi connectivity index (χ0v) is 13.6. The SMILES string of the molecule is O=C(c1ccccc1)N1C/C(=C(/O)c2ccccc2)c2ccccc21. The van der Waals surface area contributed by atoms with Gasteiger partial charge in [0.05, 0.1) is 12.2 Å². The minimum Gasteiger partial charge on any atom is -0.507 e. The van der Waals surface area contributed by atoms with Gasteiger partial charge in [0, 0.05) is 22.3 Å². The fraction of sp³-hybridized carbons (Fsp3) is 0.0455. The Morgan fingerprint density at radius 2 is 1.32 bits per heavy atom. The van der Waals surface area contributed by atoms with Crippen LogP contribution in [0.25, 0.3) is 11.3 Å². The maximum absolute atomic E-state index is 12.9. The Balaban J connectivity index is 1.80.